The van der Waals surface area contributed by atoms with Crippen LogP contribution in [0.4, 0.5) is 0 Å². The predicted molar refractivity (Wildman–Crippen MR) is 61.9 cm³/mol. The first-order valence-corrected chi connectivity index (χ1v) is 4.98. The summed E-state index contributed by atoms with van der Waals surface area (Å²) < 4.78 is 5.16. The molecule has 82 valence electrons. The second kappa shape index (κ2) is 4.72. The van der Waals surface area contributed by atoms with Gasteiger partial charge < -0.3 is 10.5 Å². The van der Waals surface area contributed by atoms with E-state index in [1.807, 2.05) is 18.2 Å². The molecule has 4 nitrogen and oxygen atoms in total. The van der Waals surface area contributed by atoms with Gasteiger partial charge in [-0.3, -0.25) is 9.97 Å². The second-order valence-corrected chi connectivity index (χ2v) is 3.32. The highest BCUT2D eigenvalue weighted by Gasteiger charge is 2.06. The molecule has 1 aromatic heterocycles. The SMILES string of the molecule is COc1ccc(-c2cnccn2)c(CN)c1. The zero-order chi connectivity index (χ0) is 11.4. The zero-order valence-corrected chi connectivity index (χ0v) is 9.05. The summed E-state index contributed by atoms with van der Waals surface area (Å²) in [6.07, 6.45) is 5.04. The lowest BCUT2D eigenvalue weighted by atomic mass is 10.0. The van der Waals surface area contributed by atoms with E-state index in [4.69, 9.17) is 10.5 Å². The van der Waals surface area contributed by atoms with Crippen molar-refractivity contribution < 1.29 is 4.74 Å². The van der Waals surface area contributed by atoms with Crippen molar-refractivity contribution in [3.8, 4) is 17.0 Å². The van der Waals surface area contributed by atoms with Gasteiger partial charge in [-0.15, -0.1) is 0 Å². The van der Waals surface area contributed by atoms with E-state index >= 15 is 0 Å². The van der Waals surface area contributed by atoms with Crippen molar-refractivity contribution in [1.29, 1.82) is 0 Å². The van der Waals surface area contributed by atoms with Crippen LogP contribution in [0.3, 0.4) is 0 Å². The van der Waals surface area contributed by atoms with Crippen LogP contribution in [-0.2, 0) is 6.54 Å². The van der Waals surface area contributed by atoms with Crippen LogP contribution in [0.25, 0.3) is 11.3 Å². The molecule has 2 N–H and O–H groups in total. The highest BCUT2D eigenvalue weighted by Crippen LogP contribution is 2.24. The standard InChI is InChI=1S/C12H13N3O/c1-16-10-2-3-11(9(6-10)7-13)12-8-14-4-5-15-12/h2-6,8H,7,13H2,1H3. The van der Waals surface area contributed by atoms with E-state index in [1.165, 1.54) is 0 Å². The van der Waals surface area contributed by atoms with Gasteiger partial charge in [0.2, 0.25) is 0 Å². The molecule has 0 aliphatic heterocycles. The largest absolute Gasteiger partial charge is 0.497 e. The average molecular weight is 215 g/mol. The van der Waals surface area contributed by atoms with Gasteiger partial charge in [0.1, 0.15) is 5.75 Å². The zero-order valence-electron chi connectivity index (χ0n) is 9.05. The Labute approximate surface area is 94.1 Å². The van der Waals surface area contributed by atoms with Crippen molar-refractivity contribution in [3.63, 3.8) is 0 Å². The van der Waals surface area contributed by atoms with Gasteiger partial charge in [0.15, 0.2) is 0 Å². The maximum absolute atomic E-state index is 5.71. The molecule has 1 heterocycles. The minimum atomic E-state index is 0.448. The van der Waals surface area contributed by atoms with Crippen LogP contribution < -0.4 is 10.5 Å². The summed E-state index contributed by atoms with van der Waals surface area (Å²) >= 11 is 0. The first-order chi connectivity index (χ1) is 7.85. The first-order valence-electron chi connectivity index (χ1n) is 4.98. The average Bonchev–Trinajstić information content (AvgIpc) is 2.39. The van der Waals surface area contributed by atoms with Crippen LogP contribution >= 0.6 is 0 Å². The Hall–Kier alpha value is -1.94. The van der Waals surface area contributed by atoms with Crippen LogP contribution in [0.1, 0.15) is 5.56 Å². The van der Waals surface area contributed by atoms with Crippen molar-refractivity contribution in [2.24, 2.45) is 5.73 Å². The maximum Gasteiger partial charge on any atom is 0.119 e. The van der Waals surface area contributed by atoms with Gasteiger partial charge in [0.25, 0.3) is 0 Å². The van der Waals surface area contributed by atoms with E-state index in [2.05, 4.69) is 9.97 Å². The smallest absolute Gasteiger partial charge is 0.119 e. The summed E-state index contributed by atoms with van der Waals surface area (Å²) in [6.45, 7) is 0.448. The fourth-order valence-electron chi connectivity index (χ4n) is 1.55. The topological polar surface area (TPSA) is 61.0 Å². The molecule has 4 heteroatoms. The Morgan fingerprint density at radius 2 is 2.19 bits per heavy atom. The van der Waals surface area contributed by atoms with Gasteiger partial charge in [-0.25, -0.2) is 0 Å². The molecule has 0 bridgehead atoms. The fraction of sp³-hybridized carbons (Fsp3) is 0.167. The lowest BCUT2D eigenvalue weighted by Gasteiger charge is -2.08. The molecular formula is C12H13N3O. The second-order valence-electron chi connectivity index (χ2n) is 3.32. The quantitative estimate of drug-likeness (QED) is 0.845. The van der Waals surface area contributed by atoms with Crippen LogP contribution in [0.2, 0.25) is 0 Å². The van der Waals surface area contributed by atoms with Crippen LogP contribution in [0.15, 0.2) is 36.8 Å². The molecule has 0 radical (unpaired) electrons. The minimum Gasteiger partial charge on any atom is -0.497 e. The number of methoxy groups -OCH3 is 1. The van der Waals surface area contributed by atoms with Gasteiger partial charge in [-0.05, 0) is 23.8 Å². The summed E-state index contributed by atoms with van der Waals surface area (Å²) in [5.74, 6) is 0.799. The monoisotopic (exact) mass is 215 g/mol. The van der Waals surface area contributed by atoms with Gasteiger partial charge in [0.05, 0.1) is 19.0 Å². The van der Waals surface area contributed by atoms with Crippen LogP contribution in [0.5, 0.6) is 5.75 Å². The third-order valence-corrected chi connectivity index (χ3v) is 2.37. The number of benzene rings is 1. The number of ether oxygens (including phenoxy) is 1. The molecule has 0 amide bonds. The van der Waals surface area contributed by atoms with Crippen molar-refractivity contribution in [2.45, 2.75) is 6.54 Å². The van der Waals surface area contributed by atoms with Gasteiger partial charge in [-0.1, -0.05) is 0 Å². The number of nitrogens with zero attached hydrogens (tertiary/aromatic N) is 2. The molecule has 2 aromatic rings. The Kier molecular flexibility index (Phi) is 3.12. The number of hydrogen-bond donors (Lipinski definition) is 1. The summed E-state index contributed by atoms with van der Waals surface area (Å²) in [5.41, 5.74) is 8.53. The molecule has 0 aliphatic carbocycles. The number of aromatic nitrogens is 2. The van der Waals surface area contributed by atoms with Crippen molar-refractivity contribution in [1.82, 2.24) is 9.97 Å². The summed E-state index contributed by atoms with van der Waals surface area (Å²) in [5, 5.41) is 0. The normalized spacial score (nSPS) is 10.1. The Morgan fingerprint density at radius 3 is 2.81 bits per heavy atom. The van der Waals surface area contributed by atoms with Crippen molar-refractivity contribution in [3.05, 3.63) is 42.4 Å². The van der Waals surface area contributed by atoms with E-state index in [-0.39, 0.29) is 0 Å². The highest BCUT2D eigenvalue weighted by atomic mass is 16.5. The Balaban J connectivity index is 2.49. The number of hydrogen-bond acceptors (Lipinski definition) is 4. The van der Waals surface area contributed by atoms with Gasteiger partial charge in [0, 0.05) is 24.5 Å². The predicted octanol–water partition coefficient (Wildman–Crippen LogP) is 1.61. The summed E-state index contributed by atoms with van der Waals surface area (Å²) in [6, 6.07) is 5.76. The number of nitrogens with two attached hydrogens (primary N) is 1. The highest BCUT2D eigenvalue weighted by molar-refractivity contribution is 5.64. The molecule has 0 aliphatic rings. The molecule has 0 saturated heterocycles. The third-order valence-electron chi connectivity index (χ3n) is 2.37. The van der Waals surface area contributed by atoms with Crippen LogP contribution in [0, 0.1) is 0 Å². The molecule has 16 heavy (non-hydrogen) atoms. The van der Waals surface area contributed by atoms with E-state index in [0.717, 1.165) is 22.6 Å². The molecule has 0 saturated carbocycles. The van der Waals surface area contributed by atoms with Crippen molar-refractivity contribution in [2.75, 3.05) is 7.11 Å². The fourth-order valence-corrected chi connectivity index (χ4v) is 1.55. The van der Waals surface area contributed by atoms with Crippen molar-refractivity contribution >= 4 is 0 Å². The summed E-state index contributed by atoms with van der Waals surface area (Å²) in [7, 11) is 1.64. The molecule has 0 fully saturated rings. The minimum absolute atomic E-state index is 0.448. The molecular weight excluding hydrogens is 202 g/mol. The Bertz CT molecular complexity index is 471. The lowest BCUT2D eigenvalue weighted by Crippen LogP contribution is -2.00. The van der Waals surface area contributed by atoms with E-state index in [0.29, 0.717) is 6.54 Å². The molecule has 1 aromatic carbocycles. The molecule has 0 atom stereocenters. The van der Waals surface area contributed by atoms with Crippen LogP contribution in [-0.4, -0.2) is 17.1 Å². The Morgan fingerprint density at radius 1 is 1.31 bits per heavy atom. The van der Waals surface area contributed by atoms with Gasteiger partial charge >= 0.3 is 0 Å². The van der Waals surface area contributed by atoms with E-state index in [9.17, 15) is 0 Å². The maximum atomic E-state index is 5.71. The molecule has 0 unspecified atom stereocenters. The molecule has 0 spiro atoms. The lowest BCUT2D eigenvalue weighted by molar-refractivity contribution is 0.414. The number of rotatable bonds is 3. The molecule has 2 rings (SSSR count). The summed E-state index contributed by atoms with van der Waals surface area (Å²) in [4.78, 5) is 8.30. The van der Waals surface area contributed by atoms with E-state index < -0.39 is 0 Å². The third kappa shape index (κ3) is 2.01. The van der Waals surface area contributed by atoms with E-state index in [1.54, 1.807) is 25.7 Å². The first kappa shape index (κ1) is 10.6. The van der Waals surface area contributed by atoms with Gasteiger partial charge in [-0.2, -0.15) is 0 Å².